The third kappa shape index (κ3) is 10.7. The predicted octanol–water partition coefficient (Wildman–Crippen LogP) is 3.54. The van der Waals surface area contributed by atoms with Gasteiger partial charge in [0.25, 0.3) is 0 Å². The summed E-state index contributed by atoms with van der Waals surface area (Å²) in [6.07, 6.45) is 3.44. The fourth-order valence-electron chi connectivity index (χ4n) is 1.48. The first-order valence-corrected chi connectivity index (χ1v) is 10.2. The van der Waals surface area contributed by atoms with Gasteiger partial charge < -0.3 is 14.2 Å². The SMILES string of the molecule is C/C=C/OC(=O)C(C)OP(=O)(OC(C)C(=O)O/C=C/C)OC(C)C(=O)O/C=C/C. The van der Waals surface area contributed by atoms with E-state index in [1.54, 1.807) is 20.8 Å². The number of hydrogen-bond donors (Lipinski definition) is 0. The van der Waals surface area contributed by atoms with Gasteiger partial charge in [-0.2, -0.15) is 0 Å². The largest absolute Gasteiger partial charge is 0.477 e. The third-order valence-electron chi connectivity index (χ3n) is 2.82. The molecule has 0 aliphatic carbocycles. The molecule has 0 saturated carbocycles. The summed E-state index contributed by atoms with van der Waals surface area (Å²) < 4.78 is 42.5. The lowest BCUT2D eigenvalue weighted by atomic mass is 10.4. The number of ether oxygens (including phenoxy) is 3. The van der Waals surface area contributed by atoms with E-state index in [2.05, 4.69) is 0 Å². The van der Waals surface area contributed by atoms with Crippen LogP contribution in [0.3, 0.4) is 0 Å². The first-order chi connectivity index (χ1) is 13.6. The van der Waals surface area contributed by atoms with Crippen LogP contribution in [-0.4, -0.2) is 36.2 Å². The van der Waals surface area contributed by atoms with Crippen molar-refractivity contribution < 1.29 is 46.7 Å². The van der Waals surface area contributed by atoms with Crippen LogP contribution in [0, 0.1) is 0 Å². The van der Waals surface area contributed by atoms with Crippen molar-refractivity contribution in [2.24, 2.45) is 0 Å². The molecular weight excluding hydrogens is 407 g/mol. The molecule has 10 nitrogen and oxygen atoms in total. The smallest absolute Gasteiger partial charge is 0.433 e. The van der Waals surface area contributed by atoms with E-state index >= 15 is 0 Å². The highest BCUT2D eigenvalue weighted by Gasteiger charge is 2.40. The Hall–Kier alpha value is -2.26. The van der Waals surface area contributed by atoms with Crippen LogP contribution in [0.2, 0.25) is 0 Å². The maximum atomic E-state index is 13.0. The Balaban J connectivity index is 5.43. The van der Waals surface area contributed by atoms with E-state index in [0.717, 1.165) is 18.8 Å². The second-order valence-corrected chi connectivity index (χ2v) is 6.94. The molecule has 3 unspecified atom stereocenters. The number of phosphoric acid groups is 1. The van der Waals surface area contributed by atoms with E-state index in [4.69, 9.17) is 27.8 Å². The van der Waals surface area contributed by atoms with E-state index in [-0.39, 0.29) is 0 Å². The minimum Gasteiger partial charge on any atom is -0.433 e. The summed E-state index contributed by atoms with van der Waals surface area (Å²) >= 11 is 0. The number of hydrogen-bond acceptors (Lipinski definition) is 10. The molecule has 29 heavy (non-hydrogen) atoms. The lowest BCUT2D eigenvalue weighted by molar-refractivity contribution is -0.151. The van der Waals surface area contributed by atoms with Gasteiger partial charge in [-0.25, -0.2) is 18.9 Å². The fraction of sp³-hybridized carbons (Fsp3) is 0.500. The summed E-state index contributed by atoms with van der Waals surface area (Å²) in [5.74, 6) is -2.70. The summed E-state index contributed by atoms with van der Waals surface area (Å²) in [6.45, 7) is 8.55. The summed E-state index contributed by atoms with van der Waals surface area (Å²) in [7, 11) is -4.62. The molecule has 0 spiro atoms. The molecule has 11 heteroatoms. The molecule has 0 N–H and O–H groups in total. The quantitative estimate of drug-likeness (QED) is 0.195. The van der Waals surface area contributed by atoms with Crippen molar-refractivity contribution in [2.75, 3.05) is 0 Å². The molecule has 0 aromatic rings. The van der Waals surface area contributed by atoms with Crippen molar-refractivity contribution >= 4 is 25.7 Å². The number of phosphoric ester groups is 1. The Morgan fingerprint density at radius 1 is 0.621 bits per heavy atom. The van der Waals surface area contributed by atoms with E-state index < -0.39 is 44.0 Å². The lowest BCUT2D eigenvalue weighted by Gasteiger charge is -2.24. The molecule has 0 amide bonds. The van der Waals surface area contributed by atoms with E-state index in [9.17, 15) is 18.9 Å². The van der Waals surface area contributed by atoms with Crippen LogP contribution in [0.25, 0.3) is 0 Å². The molecule has 0 fully saturated rings. The minimum atomic E-state index is -4.62. The number of carbonyl (C=O) groups is 3. The van der Waals surface area contributed by atoms with Gasteiger partial charge in [-0.3, -0.25) is 13.6 Å². The Kier molecular flexibility index (Phi) is 12.8. The van der Waals surface area contributed by atoms with Gasteiger partial charge in [0.05, 0.1) is 18.8 Å². The van der Waals surface area contributed by atoms with Crippen LogP contribution in [0.4, 0.5) is 0 Å². The first kappa shape index (κ1) is 26.7. The normalized spacial score (nSPS) is 17.0. The van der Waals surface area contributed by atoms with Crippen LogP contribution in [0.5, 0.6) is 0 Å². The average molecular weight is 434 g/mol. The minimum absolute atomic E-state index is 0.899. The standard InChI is InChI=1S/C18H27O10P/c1-7-10-23-16(19)13(4)26-29(22,27-14(5)17(20)24-11-8-2)28-15(6)18(21)25-12-9-3/h7-15H,1-6H3/b10-7+,11-8+,12-9+. The Labute approximate surface area is 170 Å². The molecular formula is C18H27O10P. The highest BCUT2D eigenvalue weighted by Crippen LogP contribution is 2.53. The lowest BCUT2D eigenvalue weighted by Crippen LogP contribution is -2.28. The highest BCUT2D eigenvalue weighted by atomic mass is 31.2. The van der Waals surface area contributed by atoms with Gasteiger partial charge in [-0.15, -0.1) is 0 Å². The number of rotatable bonds is 12. The van der Waals surface area contributed by atoms with Gasteiger partial charge in [-0.1, -0.05) is 18.2 Å². The van der Waals surface area contributed by atoms with Crippen LogP contribution >= 0.6 is 7.82 Å². The first-order valence-electron chi connectivity index (χ1n) is 8.70. The molecule has 0 aromatic carbocycles. The topological polar surface area (TPSA) is 124 Å². The monoisotopic (exact) mass is 434 g/mol. The molecule has 164 valence electrons. The van der Waals surface area contributed by atoms with Gasteiger partial charge in [0.1, 0.15) is 0 Å². The van der Waals surface area contributed by atoms with Crippen molar-refractivity contribution in [3.8, 4) is 0 Å². The van der Waals surface area contributed by atoms with Crippen molar-refractivity contribution in [1.29, 1.82) is 0 Å². The maximum Gasteiger partial charge on any atom is 0.477 e. The Morgan fingerprint density at radius 2 is 0.862 bits per heavy atom. The number of allylic oxidation sites excluding steroid dienone is 3. The summed E-state index contributed by atoms with van der Waals surface area (Å²) in [4.78, 5) is 35.6. The zero-order valence-electron chi connectivity index (χ0n) is 17.2. The van der Waals surface area contributed by atoms with Crippen molar-refractivity contribution in [3.05, 3.63) is 37.0 Å². The molecule has 0 aliphatic rings. The molecule has 0 aliphatic heterocycles. The fourth-order valence-corrected chi connectivity index (χ4v) is 3.05. The van der Waals surface area contributed by atoms with E-state index in [1.807, 2.05) is 0 Å². The predicted molar refractivity (Wildman–Crippen MR) is 102 cm³/mol. The van der Waals surface area contributed by atoms with Gasteiger partial charge >= 0.3 is 25.7 Å². The van der Waals surface area contributed by atoms with Crippen molar-refractivity contribution in [1.82, 2.24) is 0 Å². The van der Waals surface area contributed by atoms with Crippen LogP contribution in [0.1, 0.15) is 41.5 Å². The summed E-state index contributed by atoms with van der Waals surface area (Å²) in [5, 5.41) is 0. The van der Waals surface area contributed by atoms with E-state index in [0.29, 0.717) is 0 Å². The van der Waals surface area contributed by atoms with Gasteiger partial charge in [0, 0.05) is 0 Å². The van der Waals surface area contributed by atoms with Gasteiger partial charge in [0.2, 0.25) is 0 Å². The van der Waals surface area contributed by atoms with E-state index in [1.165, 1.54) is 39.0 Å². The third-order valence-corrected chi connectivity index (χ3v) is 4.54. The number of esters is 3. The van der Waals surface area contributed by atoms with Crippen molar-refractivity contribution in [2.45, 2.75) is 59.9 Å². The number of carbonyl (C=O) groups excluding carboxylic acids is 3. The van der Waals surface area contributed by atoms with Crippen LogP contribution in [-0.2, 0) is 46.7 Å². The molecule has 0 aromatic heterocycles. The average Bonchev–Trinajstić information content (AvgIpc) is 2.67. The summed E-state index contributed by atoms with van der Waals surface area (Å²) in [5.41, 5.74) is 0. The zero-order chi connectivity index (χ0) is 22.4. The molecule has 0 rings (SSSR count). The molecule has 0 bridgehead atoms. The van der Waals surface area contributed by atoms with Crippen molar-refractivity contribution in [3.63, 3.8) is 0 Å². The molecule has 0 radical (unpaired) electrons. The Morgan fingerprint density at radius 3 is 1.07 bits per heavy atom. The van der Waals surface area contributed by atoms with Gasteiger partial charge in [-0.05, 0) is 41.5 Å². The zero-order valence-corrected chi connectivity index (χ0v) is 18.1. The molecule has 0 saturated heterocycles. The van der Waals surface area contributed by atoms with Crippen LogP contribution < -0.4 is 0 Å². The second kappa shape index (κ2) is 13.8. The molecule has 3 atom stereocenters. The van der Waals surface area contributed by atoms with Crippen LogP contribution in [0.15, 0.2) is 37.0 Å². The second-order valence-electron chi connectivity index (χ2n) is 5.41. The van der Waals surface area contributed by atoms with Gasteiger partial charge in [0.15, 0.2) is 18.3 Å². The summed E-state index contributed by atoms with van der Waals surface area (Å²) in [6, 6.07) is 0. The Bertz CT molecular complexity index is 592. The maximum absolute atomic E-state index is 13.0. The molecule has 0 heterocycles. The highest BCUT2D eigenvalue weighted by molar-refractivity contribution is 7.48.